The lowest BCUT2D eigenvalue weighted by atomic mass is 9.72. The van der Waals surface area contributed by atoms with E-state index in [-0.39, 0.29) is 23.3 Å². The molecular formula is C21H18Cl2N2O4. The highest BCUT2D eigenvalue weighted by atomic mass is 35.5. The van der Waals surface area contributed by atoms with Crippen molar-refractivity contribution in [1.29, 1.82) is 0 Å². The third kappa shape index (κ3) is 2.74. The number of esters is 1. The van der Waals surface area contributed by atoms with Gasteiger partial charge in [0, 0.05) is 12.6 Å². The predicted octanol–water partition coefficient (Wildman–Crippen LogP) is 3.72. The van der Waals surface area contributed by atoms with Crippen LogP contribution in [-0.2, 0) is 24.5 Å². The lowest BCUT2D eigenvalue weighted by Gasteiger charge is -2.35. The normalized spacial score (nSPS) is 25.1. The van der Waals surface area contributed by atoms with Crippen molar-refractivity contribution in [2.24, 2.45) is 0 Å². The van der Waals surface area contributed by atoms with Crippen LogP contribution in [0, 0.1) is 0 Å². The van der Waals surface area contributed by atoms with Gasteiger partial charge < -0.3 is 15.0 Å². The summed E-state index contributed by atoms with van der Waals surface area (Å²) in [4.78, 5) is 40.1. The monoisotopic (exact) mass is 432 g/mol. The first-order valence-corrected chi connectivity index (χ1v) is 9.80. The molecule has 1 fully saturated rings. The molecule has 8 heteroatoms. The van der Waals surface area contributed by atoms with Crippen molar-refractivity contribution in [3.8, 4) is 0 Å². The Balaban J connectivity index is 2.03. The first kappa shape index (κ1) is 19.7. The van der Waals surface area contributed by atoms with Crippen molar-refractivity contribution in [3.63, 3.8) is 0 Å². The van der Waals surface area contributed by atoms with E-state index in [0.29, 0.717) is 21.8 Å². The van der Waals surface area contributed by atoms with E-state index in [9.17, 15) is 14.4 Å². The Morgan fingerprint density at radius 1 is 1.17 bits per heavy atom. The van der Waals surface area contributed by atoms with Crippen molar-refractivity contribution >= 4 is 46.7 Å². The Kier molecular flexibility index (Phi) is 4.79. The molecule has 2 heterocycles. The molecule has 150 valence electrons. The summed E-state index contributed by atoms with van der Waals surface area (Å²) in [7, 11) is 1.26. The van der Waals surface area contributed by atoms with Crippen LogP contribution in [0.5, 0.6) is 0 Å². The van der Waals surface area contributed by atoms with Crippen molar-refractivity contribution in [2.75, 3.05) is 12.4 Å². The summed E-state index contributed by atoms with van der Waals surface area (Å²) in [5.74, 6) is -1.25. The highest BCUT2D eigenvalue weighted by Crippen LogP contribution is 2.58. The third-order valence-electron chi connectivity index (χ3n) is 5.77. The molecule has 0 radical (unpaired) electrons. The van der Waals surface area contributed by atoms with Crippen molar-refractivity contribution in [3.05, 3.63) is 63.6 Å². The summed E-state index contributed by atoms with van der Waals surface area (Å²) in [6.45, 7) is 1.36. The molecule has 6 nitrogen and oxygen atoms in total. The number of nitrogens with one attached hydrogen (secondary N) is 1. The number of methoxy groups -OCH3 is 1. The van der Waals surface area contributed by atoms with Gasteiger partial charge >= 0.3 is 5.97 Å². The molecular weight excluding hydrogens is 415 g/mol. The maximum atomic E-state index is 13.4. The molecule has 0 bridgehead atoms. The van der Waals surface area contributed by atoms with Gasteiger partial charge in [0.1, 0.15) is 11.5 Å². The lowest BCUT2D eigenvalue weighted by Crippen LogP contribution is -2.44. The van der Waals surface area contributed by atoms with Gasteiger partial charge in [0.05, 0.1) is 23.2 Å². The Morgan fingerprint density at radius 3 is 2.59 bits per heavy atom. The minimum Gasteiger partial charge on any atom is -0.467 e. The Bertz CT molecular complexity index is 1040. The molecule has 1 spiro atoms. The van der Waals surface area contributed by atoms with Crippen molar-refractivity contribution < 1.29 is 19.1 Å². The molecule has 2 amide bonds. The topological polar surface area (TPSA) is 75.7 Å². The molecule has 2 aromatic rings. The van der Waals surface area contributed by atoms with Crippen LogP contribution in [0.2, 0.25) is 10.0 Å². The van der Waals surface area contributed by atoms with Gasteiger partial charge in [0.25, 0.3) is 0 Å². The van der Waals surface area contributed by atoms with Gasteiger partial charge in [-0.05, 0) is 29.7 Å². The van der Waals surface area contributed by atoms with E-state index in [0.717, 1.165) is 0 Å². The molecule has 0 aromatic heterocycles. The SMILES string of the molecule is COC(=O)[C@@H]1C[C@]2(C(=O)Nc3ccccc32)[C@H](c2cccc(Cl)c2Cl)N1C(C)=O. The number of carbonyl (C=O) groups excluding carboxylic acids is 3. The molecule has 0 aliphatic carbocycles. The fourth-order valence-electron chi connectivity index (χ4n) is 4.62. The van der Waals surface area contributed by atoms with E-state index in [4.69, 9.17) is 27.9 Å². The van der Waals surface area contributed by atoms with E-state index in [1.54, 1.807) is 24.3 Å². The standard InChI is InChI=1S/C21H18Cl2N2O4/c1-11(26)25-16(19(27)29-2)10-21(13-7-3-4-9-15(13)24-20(21)28)18(25)12-6-5-8-14(22)17(12)23/h3-9,16,18H,10H2,1-2H3,(H,24,28)/t16-,18-,21+/m0/s1. The quantitative estimate of drug-likeness (QED) is 0.733. The summed E-state index contributed by atoms with van der Waals surface area (Å²) >= 11 is 12.8. The molecule has 1 N–H and O–H groups in total. The van der Waals surface area contributed by atoms with Crippen LogP contribution >= 0.6 is 23.2 Å². The number of amides is 2. The van der Waals surface area contributed by atoms with Gasteiger partial charge in [-0.1, -0.05) is 53.5 Å². The molecule has 0 unspecified atom stereocenters. The van der Waals surface area contributed by atoms with E-state index < -0.39 is 23.5 Å². The number of halogens is 2. The summed E-state index contributed by atoms with van der Waals surface area (Å²) in [6, 6.07) is 10.6. The first-order chi connectivity index (χ1) is 13.8. The lowest BCUT2D eigenvalue weighted by molar-refractivity contribution is -0.151. The van der Waals surface area contributed by atoms with Gasteiger partial charge in [0.15, 0.2) is 0 Å². The molecule has 3 atom stereocenters. The van der Waals surface area contributed by atoms with Crippen LogP contribution in [0.1, 0.15) is 30.5 Å². The number of rotatable bonds is 2. The summed E-state index contributed by atoms with van der Waals surface area (Å²) in [6.07, 6.45) is 0.0790. The zero-order valence-corrected chi connectivity index (χ0v) is 17.3. The largest absolute Gasteiger partial charge is 0.467 e. The highest BCUT2D eigenvalue weighted by molar-refractivity contribution is 6.42. The minimum atomic E-state index is -1.20. The molecule has 4 rings (SSSR count). The second kappa shape index (κ2) is 7.04. The number of likely N-dealkylation sites (tertiary alicyclic amines) is 1. The number of anilines is 1. The van der Waals surface area contributed by atoms with Gasteiger partial charge in [-0.2, -0.15) is 0 Å². The molecule has 2 aliphatic heterocycles. The minimum absolute atomic E-state index is 0.0790. The molecule has 0 saturated carbocycles. The Labute approximate surface area is 177 Å². The van der Waals surface area contributed by atoms with E-state index in [1.165, 1.54) is 18.9 Å². The van der Waals surface area contributed by atoms with Crippen LogP contribution in [0.15, 0.2) is 42.5 Å². The third-order valence-corrected chi connectivity index (χ3v) is 6.60. The molecule has 29 heavy (non-hydrogen) atoms. The van der Waals surface area contributed by atoms with Crippen LogP contribution < -0.4 is 5.32 Å². The van der Waals surface area contributed by atoms with E-state index >= 15 is 0 Å². The molecule has 1 saturated heterocycles. The van der Waals surface area contributed by atoms with Gasteiger partial charge in [-0.15, -0.1) is 0 Å². The van der Waals surface area contributed by atoms with E-state index in [1.807, 2.05) is 18.2 Å². The zero-order valence-electron chi connectivity index (χ0n) is 15.7. The zero-order chi connectivity index (χ0) is 20.9. The predicted molar refractivity (Wildman–Crippen MR) is 109 cm³/mol. The number of para-hydroxylation sites is 1. The molecule has 2 aromatic carbocycles. The number of nitrogens with zero attached hydrogens (tertiary/aromatic N) is 1. The number of fused-ring (bicyclic) bond motifs is 2. The Hall–Kier alpha value is -2.57. The van der Waals surface area contributed by atoms with Crippen molar-refractivity contribution in [1.82, 2.24) is 4.90 Å². The number of hydrogen-bond acceptors (Lipinski definition) is 4. The number of benzene rings is 2. The van der Waals surface area contributed by atoms with Gasteiger partial charge in [0.2, 0.25) is 11.8 Å². The fourth-order valence-corrected chi connectivity index (χ4v) is 5.04. The number of hydrogen-bond donors (Lipinski definition) is 1. The second-order valence-electron chi connectivity index (χ2n) is 7.19. The maximum absolute atomic E-state index is 13.4. The van der Waals surface area contributed by atoms with Crippen LogP contribution in [0.4, 0.5) is 5.69 Å². The Morgan fingerprint density at radius 2 is 1.90 bits per heavy atom. The smallest absolute Gasteiger partial charge is 0.328 e. The first-order valence-electron chi connectivity index (χ1n) is 9.04. The maximum Gasteiger partial charge on any atom is 0.328 e. The number of ether oxygens (including phenoxy) is 1. The number of carbonyl (C=O) groups is 3. The van der Waals surface area contributed by atoms with Gasteiger partial charge in [-0.3, -0.25) is 9.59 Å². The average Bonchev–Trinajstić information content (AvgIpc) is 3.20. The fraction of sp³-hybridized carbons (Fsp3) is 0.286. The van der Waals surface area contributed by atoms with Crippen LogP contribution in [-0.4, -0.2) is 35.8 Å². The molecule has 2 aliphatic rings. The van der Waals surface area contributed by atoms with Gasteiger partial charge in [-0.25, -0.2) is 4.79 Å². The summed E-state index contributed by atoms with van der Waals surface area (Å²) in [5, 5.41) is 3.44. The average molecular weight is 433 g/mol. The summed E-state index contributed by atoms with van der Waals surface area (Å²) < 4.78 is 4.96. The highest BCUT2D eigenvalue weighted by Gasteiger charge is 2.64. The van der Waals surface area contributed by atoms with Crippen LogP contribution in [0.25, 0.3) is 0 Å². The summed E-state index contributed by atoms with van der Waals surface area (Å²) in [5.41, 5.74) is 0.668. The van der Waals surface area contributed by atoms with E-state index in [2.05, 4.69) is 5.32 Å². The van der Waals surface area contributed by atoms with Crippen LogP contribution in [0.3, 0.4) is 0 Å². The van der Waals surface area contributed by atoms with Crippen molar-refractivity contribution in [2.45, 2.75) is 30.8 Å². The second-order valence-corrected chi connectivity index (χ2v) is 7.97.